The first-order valence-electron chi connectivity index (χ1n) is 6.10. The molecule has 0 bridgehead atoms. The monoisotopic (exact) mass is 255 g/mol. The van der Waals surface area contributed by atoms with Gasteiger partial charge in [0.15, 0.2) is 0 Å². The van der Waals surface area contributed by atoms with Crippen molar-refractivity contribution in [1.82, 2.24) is 5.32 Å². The van der Waals surface area contributed by atoms with E-state index in [2.05, 4.69) is 10.7 Å². The summed E-state index contributed by atoms with van der Waals surface area (Å²) in [6, 6.07) is 2.03. The average molecular weight is 255 g/mol. The molecule has 1 aromatic heterocycles. The highest BCUT2D eigenvalue weighted by Gasteiger charge is 2.22. The molecule has 0 spiro atoms. The van der Waals surface area contributed by atoms with E-state index in [1.807, 2.05) is 25.3 Å². The standard InChI is InChI=1S/C13H21NO2S/c1-3-13(16,4-2)10-14-12(15)6-5-11-7-8-17-9-11/h7-9,16H,3-6,10H2,1-2H3,(H,14,15). The highest BCUT2D eigenvalue weighted by Crippen LogP contribution is 2.13. The van der Waals surface area contributed by atoms with Gasteiger partial charge in [0.1, 0.15) is 0 Å². The van der Waals surface area contributed by atoms with Gasteiger partial charge in [0.05, 0.1) is 5.60 Å². The third-order valence-corrected chi connectivity index (χ3v) is 3.88. The van der Waals surface area contributed by atoms with Crippen LogP contribution in [0.3, 0.4) is 0 Å². The number of rotatable bonds is 7. The van der Waals surface area contributed by atoms with Gasteiger partial charge in [-0.3, -0.25) is 4.79 Å². The highest BCUT2D eigenvalue weighted by atomic mass is 32.1. The number of thiophene rings is 1. The van der Waals surface area contributed by atoms with Crippen LogP contribution in [0.25, 0.3) is 0 Å². The van der Waals surface area contributed by atoms with Crippen molar-refractivity contribution in [3.8, 4) is 0 Å². The maximum absolute atomic E-state index is 11.6. The van der Waals surface area contributed by atoms with Crippen LogP contribution >= 0.6 is 11.3 Å². The summed E-state index contributed by atoms with van der Waals surface area (Å²) >= 11 is 1.64. The van der Waals surface area contributed by atoms with Gasteiger partial charge in [-0.15, -0.1) is 0 Å². The third-order valence-electron chi connectivity index (χ3n) is 3.15. The first-order valence-corrected chi connectivity index (χ1v) is 7.04. The first-order chi connectivity index (χ1) is 8.09. The predicted molar refractivity (Wildman–Crippen MR) is 71.2 cm³/mol. The molecule has 0 aliphatic rings. The minimum atomic E-state index is -0.752. The number of hydrogen-bond acceptors (Lipinski definition) is 3. The fraction of sp³-hybridized carbons (Fsp3) is 0.615. The largest absolute Gasteiger partial charge is 0.388 e. The molecule has 0 saturated heterocycles. The van der Waals surface area contributed by atoms with Crippen molar-refractivity contribution < 1.29 is 9.90 Å². The summed E-state index contributed by atoms with van der Waals surface area (Å²) in [4.78, 5) is 11.6. The number of nitrogens with one attached hydrogen (secondary N) is 1. The van der Waals surface area contributed by atoms with Crippen LogP contribution in [0.4, 0.5) is 0 Å². The zero-order chi connectivity index (χ0) is 12.7. The lowest BCUT2D eigenvalue weighted by molar-refractivity contribution is -0.122. The first kappa shape index (κ1) is 14.2. The second-order valence-corrected chi connectivity index (χ2v) is 5.12. The van der Waals surface area contributed by atoms with Crippen LogP contribution < -0.4 is 5.32 Å². The number of aryl methyl sites for hydroxylation is 1. The molecule has 96 valence electrons. The molecule has 3 nitrogen and oxygen atoms in total. The minimum Gasteiger partial charge on any atom is -0.388 e. The van der Waals surface area contributed by atoms with E-state index < -0.39 is 5.60 Å². The van der Waals surface area contributed by atoms with E-state index in [9.17, 15) is 9.90 Å². The Balaban J connectivity index is 2.26. The van der Waals surface area contributed by atoms with Crippen LogP contribution in [-0.2, 0) is 11.2 Å². The Kier molecular flexibility index (Phi) is 5.65. The molecule has 4 heteroatoms. The Hall–Kier alpha value is -0.870. The predicted octanol–water partition coefficient (Wildman–Crippen LogP) is 2.35. The van der Waals surface area contributed by atoms with Gasteiger partial charge in [-0.05, 0) is 41.7 Å². The SMILES string of the molecule is CCC(O)(CC)CNC(=O)CCc1ccsc1. The molecule has 2 N–H and O–H groups in total. The molecule has 0 saturated carbocycles. The third kappa shape index (κ3) is 4.88. The van der Waals surface area contributed by atoms with Crippen molar-refractivity contribution >= 4 is 17.2 Å². The lowest BCUT2D eigenvalue weighted by atomic mass is 9.97. The molecular formula is C13H21NO2S. The summed E-state index contributed by atoms with van der Waals surface area (Å²) in [7, 11) is 0. The molecule has 0 aliphatic carbocycles. The molecule has 1 heterocycles. The van der Waals surface area contributed by atoms with E-state index in [0.717, 1.165) is 6.42 Å². The minimum absolute atomic E-state index is 0.0107. The molecule has 0 aliphatic heterocycles. The van der Waals surface area contributed by atoms with Gasteiger partial charge in [0.2, 0.25) is 5.91 Å². The summed E-state index contributed by atoms with van der Waals surface area (Å²) in [5.41, 5.74) is 0.448. The molecule has 17 heavy (non-hydrogen) atoms. The Morgan fingerprint density at radius 3 is 2.71 bits per heavy atom. The van der Waals surface area contributed by atoms with Crippen molar-refractivity contribution in [2.75, 3.05) is 6.54 Å². The van der Waals surface area contributed by atoms with Crippen LogP contribution in [0.15, 0.2) is 16.8 Å². The van der Waals surface area contributed by atoms with Gasteiger partial charge < -0.3 is 10.4 Å². The Labute approximate surface area is 107 Å². The van der Waals surface area contributed by atoms with Gasteiger partial charge in [-0.25, -0.2) is 0 Å². The molecule has 1 rings (SSSR count). The summed E-state index contributed by atoms with van der Waals surface area (Å²) < 4.78 is 0. The average Bonchev–Trinajstić information content (AvgIpc) is 2.86. The fourth-order valence-electron chi connectivity index (χ4n) is 1.54. The second-order valence-electron chi connectivity index (χ2n) is 4.34. The van der Waals surface area contributed by atoms with Crippen molar-refractivity contribution in [2.24, 2.45) is 0 Å². The molecule has 1 amide bonds. The van der Waals surface area contributed by atoms with E-state index in [0.29, 0.717) is 25.8 Å². The Morgan fingerprint density at radius 2 is 2.18 bits per heavy atom. The van der Waals surface area contributed by atoms with Gasteiger partial charge >= 0.3 is 0 Å². The Morgan fingerprint density at radius 1 is 1.47 bits per heavy atom. The van der Waals surface area contributed by atoms with E-state index in [4.69, 9.17) is 0 Å². The van der Waals surface area contributed by atoms with Gasteiger partial charge in [0.25, 0.3) is 0 Å². The maximum atomic E-state index is 11.6. The molecule has 0 fully saturated rings. The van der Waals surface area contributed by atoms with Crippen molar-refractivity contribution in [3.63, 3.8) is 0 Å². The second kappa shape index (κ2) is 6.77. The van der Waals surface area contributed by atoms with E-state index in [-0.39, 0.29) is 5.91 Å². The molecule has 0 atom stereocenters. The summed E-state index contributed by atoms with van der Waals surface area (Å²) in [6.45, 7) is 4.21. The lowest BCUT2D eigenvalue weighted by Crippen LogP contribution is -2.42. The van der Waals surface area contributed by atoms with Crippen LogP contribution in [0, 0.1) is 0 Å². The van der Waals surface area contributed by atoms with Gasteiger partial charge in [-0.1, -0.05) is 13.8 Å². The van der Waals surface area contributed by atoms with E-state index >= 15 is 0 Å². The highest BCUT2D eigenvalue weighted by molar-refractivity contribution is 7.07. The zero-order valence-corrected chi connectivity index (χ0v) is 11.3. The van der Waals surface area contributed by atoms with Gasteiger partial charge in [0, 0.05) is 13.0 Å². The lowest BCUT2D eigenvalue weighted by Gasteiger charge is -2.25. The maximum Gasteiger partial charge on any atom is 0.220 e. The summed E-state index contributed by atoms with van der Waals surface area (Å²) in [5, 5.41) is 16.9. The van der Waals surface area contributed by atoms with Crippen LogP contribution in [0.2, 0.25) is 0 Å². The number of carbonyl (C=O) groups excluding carboxylic acids is 1. The van der Waals surface area contributed by atoms with E-state index in [1.54, 1.807) is 11.3 Å². The molecular weight excluding hydrogens is 234 g/mol. The van der Waals surface area contributed by atoms with Crippen molar-refractivity contribution in [3.05, 3.63) is 22.4 Å². The molecule has 0 unspecified atom stereocenters. The van der Waals surface area contributed by atoms with Crippen LogP contribution in [0.1, 0.15) is 38.7 Å². The quantitative estimate of drug-likeness (QED) is 0.785. The van der Waals surface area contributed by atoms with Crippen LogP contribution in [-0.4, -0.2) is 23.2 Å². The molecule has 0 aromatic carbocycles. The fourth-order valence-corrected chi connectivity index (χ4v) is 2.25. The van der Waals surface area contributed by atoms with Crippen molar-refractivity contribution in [2.45, 2.75) is 45.1 Å². The van der Waals surface area contributed by atoms with Crippen LogP contribution in [0.5, 0.6) is 0 Å². The number of hydrogen-bond donors (Lipinski definition) is 2. The molecule has 0 radical (unpaired) electrons. The number of amides is 1. The normalized spacial score (nSPS) is 11.5. The topological polar surface area (TPSA) is 49.3 Å². The van der Waals surface area contributed by atoms with Crippen molar-refractivity contribution in [1.29, 1.82) is 0 Å². The zero-order valence-electron chi connectivity index (χ0n) is 10.5. The molecule has 1 aromatic rings. The van der Waals surface area contributed by atoms with Gasteiger partial charge in [-0.2, -0.15) is 11.3 Å². The summed E-state index contributed by atoms with van der Waals surface area (Å²) in [5.74, 6) is 0.0107. The number of aliphatic hydroxyl groups is 1. The number of carbonyl (C=O) groups is 1. The smallest absolute Gasteiger partial charge is 0.220 e. The summed E-state index contributed by atoms with van der Waals surface area (Å²) in [6.07, 6.45) is 2.58. The van der Waals surface area contributed by atoms with E-state index in [1.165, 1.54) is 5.56 Å². The Bertz CT molecular complexity index is 331.